The second kappa shape index (κ2) is 7.25. The summed E-state index contributed by atoms with van der Waals surface area (Å²) in [5, 5.41) is 2.97. The van der Waals surface area contributed by atoms with Gasteiger partial charge in [0.25, 0.3) is 0 Å². The summed E-state index contributed by atoms with van der Waals surface area (Å²) in [7, 11) is 1.69. The monoisotopic (exact) mass is 296 g/mol. The number of ether oxygens (including phenoxy) is 1. The van der Waals surface area contributed by atoms with Gasteiger partial charge in [0, 0.05) is 38.1 Å². The largest absolute Gasteiger partial charge is 0.380 e. The SMILES string of the molecule is COC1CCN(C(=O)C2CCCCC2C(=O)NC(C)C)C1. The van der Waals surface area contributed by atoms with Crippen LogP contribution in [0.25, 0.3) is 0 Å². The van der Waals surface area contributed by atoms with Crippen molar-refractivity contribution in [2.24, 2.45) is 11.8 Å². The molecule has 5 nitrogen and oxygen atoms in total. The van der Waals surface area contributed by atoms with Crippen molar-refractivity contribution in [3.8, 4) is 0 Å². The molecule has 3 unspecified atom stereocenters. The molecule has 1 aliphatic heterocycles. The molecule has 2 fully saturated rings. The van der Waals surface area contributed by atoms with E-state index < -0.39 is 0 Å². The number of likely N-dealkylation sites (tertiary alicyclic amines) is 1. The first-order valence-electron chi connectivity index (χ1n) is 8.15. The first-order valence-corrected chi connectivity index (χ1v) is 8.15. The smallest absolute Gasteiger partial charge is 0.226 e. The van der Waals surface area contributed by atoms with E-state index in [0.717, 1.165) is 38.6 Å². The van der Waals surface area contributed by atoms with Gasteiger partial charge in [0.15, 0.2) is 0 Å². The maximum atomic E-state index is 12.8. The van der Waals surface area contributed by atoms with Crippen molar-refractivity contribution in [3.05, 3.63) is 0 Å². The number of hydrogen-bond donors (Lipinski definition) is 1. The lowest BCUT2D eigenvalue weighted by Gasteiger charge is -2.33. The number of amides is 2. The summed E-state index contributed by atoms with van der Waals surface area (Å²) in [5.41, 5.74) is 0. The molecule has 0 spiro atoms. The van der Waals surface area contributed by atoms with Gasteiger partial charge in [0.05, 0.1) is 6.10 Å². The lowest BCUT2D eigenvalue weighted by atomic mass is 9.77. The van der Waals surface area contributed by atoms with Gasteiger partial charge in [-0.25, -0.2) is 0 Å². The Balaban J connectivity index is 2.01. The second-order valence-corrected chi connectivity index (χ2v) is 6.59. The number of nitrogens with zero attached hydrogens (tertiary/aromatic N) is 1. The van der Waals surface area contributed by atoms with E-state index >= 15 is 0 Å². The molecule has 1 aliphatic carbocycles. The lowest BCUT2D eigenvalue weighted by Crippen LogP contribution is -2.46. The maximum absolute atomic E-state index is 12.8. The molecule has 1 N–H and O–H groups in total. The molecule has 0 aromatic rings. The van der Waals surface area contributed by atoms with Crippen LogP contribution in [-0.2, 0) is 14.3 Å². The van der Waals surface area contributed by atoms with E-state index in [4.69, 9.17) is 4.74 Å². The molecule has 1 saturated carbocycles. The van der Waals surface area contributed by atoms with Crippen molar-refractivity contribution in [2.75, 3.05) is 20.2 Å². The summed E-state index contributed by atoms with van der Waals surface area (Å²) in [4.78, 5) is 27.0. The molecule has 0 bridgehead atoms. The Kier molecular flexibility index (Phi) is 5.62. The van der Waals surface area contributed by atoms with E-state index in [-0.39, 0.29) is 35.8 Å². The number of hydrogen-bond acceptors (Lipinski definition) is 3. The Bertz CT molecular complexity index is 384. The number of methoxy groups -OCH3 is 1. The molecule has 0 radical (unpaired) electrons. The third kappa shape index (κ3) is 3.96. The van der Waals surface area contributed by atoms with Crippen molar-refractivity contribution < 1.29 is 14.3 Å². The Labute approximate surface area is 127 Å². The molecule has 1 heterocycles. The van der Waals surface area contributed by atoms with Crippen LogP contribution in [-0.4, -0.2) is 49.1 Å². The molecular formula is C16H28N2O3. The zero-order valence-corrected chi connectivity index (χ0v) is 13.4. The highest BCUT2D eigenvalue weighted by Gasteiger charge is 2.39. The van der Waals surface area contributed by atoms with Gasteiger partial charge < -0.3 is 15.0 Å². The van der Waals surface area contributed by atoms with Crippen molar-refractivity contribution in [1.29, 1.82) is 0 Å². The van der Waals surface area contributed by atoms with Gasteiger partial charge in [0.2, 0.25) is 11.8 Å². The van der Waals surface area contributed by atoms with Crippen LogP contribution >= 0.6 is 0 Å². The van der Waals surface area contributed by atoms with E-state index in [1.165, 1.54) is 0 Å². The molecule has 0 aromatic heterocycles. The fourth-order valence-electron chi connectivity index (χ4n) is 3.49. The van der Waals surface area contributed by atoms with Gasteiger partial charge in [-0.2, -0.15) is 0 Å². The summed E-state index contributed by atoms with van der Waals surface area (Å²) in [6.07, 6.45) is 4.81. The average Bonchev–Trinajstić information content (AvgIpc) is 2.94. The molecule has 5 heteroatoms. The van der Waals surface area contributed by atoms with E-state index in [1.807, 2.05) is 18.7 Å². The summed E-state index contributed by atoms with van der Waals surface area (Å²) in [5.74, 6) is -0.105. The molecule has 0 aromatic carbocycles. The van der Waals surface area contributed by atoms with Gasteiger partial charge in [-0.3, -0.25) is 9.59 Å². The first kappa shape index (κ1) is 16.3. The second-order valence-electron chi connectivity index (χ2n) is 6.59. The number of carbonyl (C=O) groups is 2. The molecule has 1 saturated heterocycles. The van der Waals surface area contributed by atoms with Crippen molar-refractivity contribution in [3.63, 3.8) is 0 Å². The van der Waals surface area contributed by atoms with Gasteiger partial charge >= 0.3 is 0 Å². The quantitative estimate of drug-likeness (QED) is 0.856. The summed E-state index contributed by atoms with van der Waals surface area (Å²) in [6, 6.07) is 0.125. The zero-order valence-electron chi connectivity index (χ0n) is 13.4. The normalized spacial score (nSPS) is 29.7. The highest BCUT2D eigenvalue weighted by molar-refractivity contribution is 5.88. The van der Waals surface area contributed by atoms with Crippen LogP contribution in [0, 0.1) is 11.8 Å². The molecule has 2 amide bonds. The van der Waals surface area contributed by atoms with Crippen LogP contribution in [0.15, 0.2) is 0 Å². The molecule has 21 heavy (non-hydrogen) atoms. The Morgan fingerprint density at radius 1 is 1.14 bits per heavy atom. The summed E-state index contributed by atoms with van der Waals surface area (Å²) >= 11 is 0. The number of carbonyl (C=O) groups excluding carboxylic acids is 2. The van der Waals surface area contributed by atoms with Crippen LogP contribution < -0.4 is 5.32 Å². The van der Waals surface area contributed by atoms with Crippen molar-refractivity contribution >= 4 is 11.8 Å². The summed E-state index contributed by atoms with van der Waals surface area (Å²) in [6.45, 7) is 5.35. The minimum absolute atomic E-state index is 0.0468. The Morgan fingerprint density at radius 2 is 1.81 bits per heavy atom. The van der Waals surface area contributed by atoms with Gasteiger partial charge in [-0.1, -0.05) is 12.8 Å². The molecular weight excluding hydrogens is 268 g/mol. The predicted octanol–water partition coefficient (Wildman–Crippen LogP) is 1.56. The minimum Gasteiger partial charge on any atom is -0.380 e. The molecule has 3 atom stereocenters. The van der Waals surface area contributed by atoms with Crippen LogP contribution in [0.5, 0.6) is 0 Å². The predicted molar refractivity (Wildman–Crippen MR) is 80.7 cm³/mol. The summed E-state index contributed by atoms with van der Waals surface area (Å²) < 4.78 is 5.33. The fraction of sp³-hybridized carbons (Fsp3) is 0.875. The van der Waals surface area contributed by atoms with Gasteiger partial charge in [-0.15, -0.1) is 0 Å². The molecule has 2 rings (SSSR count). The third-order valence-electron chi connectivity index (χ3n) is 4.64. The third-order valence-corrected chi connectivity index (χ3v) is 4.64. The topological polar surface area (TPSA) is 58.6 Å². The van der Waals surface area contributed by atoms with Crippen molar-refractivity contribution in [1.82, 2.24) is 10.2 Å². The Hall–Kier alpha value is -1.10. The van der Waals surface area contributed by atoms with E-state index in [0.29, 0.717) is 6.54 Å². The van der Waals surface area contributed by atoms with Crippen LogP contribution in [0.2, 0.25) is 0 Å². The lowest BCUT2D eigenvalue weighted by molar-refractivity contribution is -0.143. The Morgan fingerprint density at radius 3 is 2.38 bits per heavy atom. The van der Waals surface area contributed by atoms with Crippen molar-refractivity contribution in [2.45, 2.75) is 58.1 Å². The maximum Gasteiger partial charge on any atom is 0.226 e. The van der Waals surface area contributed by atoms with Crippen LogP contribution in [0.4, 0.5) is 0 Å². The number of nitrogens with one attached hydrogen (secondary N) is 1. The van der Waals surface area contributed by atoms with Crippen LogP contribution in [0.3, 0.4) is 0 Å². The van der Waals surface area contributed by atoms with E-state index in [1.54, 1.807) is 7.11 Å². The minimum atomic E-state index is -0.157. The number of rotatable bonds is 4. The fourth-order valence-corrected chi connectivity index (χ4v) is 3.49. The van der Waals surface area contributed by atoms with Gasteiger partial charge in [-0.05, 0) is 33.1 Å². The van der Waals surface area contributed by atoms with E-state index in [9.17, 15) is 9.59 Å². The average molecular weight is 296 g/mol. The first-order chi connectivity index (χ1) is 10.0. The van der Waals surface area contributed by atoms with Crippen LogP contribution in [0.1, 0.15) is 46.0 Å². The standard InChI is InChI=1S/C16H28N2O3/c1-11(2)17-15(19)13-6-4-5-7-14(13)16(20)18-9-8-12(10-18)21-3/h11-14H,4-10H2,1-3H3,(H,17,19). The highest BCUT2D eigenvalue weighted by atomic mass is 16.5. The van der Waals surface area contributed by atoms with Gasteiger partial charge in [0.1, 0.15) is 0 Å². The van der Waals surface area contributed by atoms with E-state index in [2.05, 4.69) is 5.32 Å². The molecule has 120 valence electrons. The zero-order chi connectivity index (χ0) is 15.4. The molecule has 2 aliphatic rings. The highest BCUT2D eigenvalue weighted by Crippen LogP contribution is 2.32.